The molecular formula is C12H19N3O5. The highest BCUT2D eigenvalue weighted by Crippen LogP contribution is 2.43. The van der Waals surface area contributed by atoms with Gasteiger partial charge in [-0.2, -0.15) is 0 Å². The van der Waals surface area contributed by atoms with Crippen LogP contribution in [0.1, 0.15) is 12.8 Å². The summed E-state index contributed by atoms with van der Waals surface area (Å²) in [5, 5.41) is 29.7. The Morgan fingerprint density at radius 3 is 2.90 bits per heavy atom. The van der Waals surface area contributed by atoms with Gasteiger partial charge in [-0.3, -0.25) is 0 Å². The van der Waals surface area contributed by atoms with Gasteiger partial charge in [0.05, 0.1) is 6.61 Å². The van der Waals surface area contributed by atoms with Gasteiger partial charge >= 0.3 is 0 Å². The Morgan fingerprint density at radius 2 is 2.30 bits per heavy atom. The van der Waals surface area contributed by atoms with Crippen LogP contribution in [0.5, 0.6) is 0 Å². The summed E-state index contributed by atoms with van der Waals surface area (Å²) in [4.78, 5) is 5.29. The summed E-state index contributed by atoms with van der Waals surface area (Å²) in [6.45, 7) is 0.190. The molecule has 8 heteroatoms. The van der Waals surface area contributed by atoms with Gasteiger partial charge in [0.2, 0.25) is 6.35 Å². The Hall–Kier alpha value is -1.19. The van der Waals surface area contributed by atoms with Gasteiger partial charge in [-0.25, -0.2) is 4.99 Å². The summed E-state index contributed by atoms with van der Waals surface area (Å²) in [5.41, 5.74) is 4.57. The smallest absolute Gasteiger partial charge is 0.229 e. The van der Waals surface area contributed by atoms with E-state index in [4.69, 9.17) is 15.2 Å². The van der Waals surface area contributed by atoms with Crippen molar-refractivity contribution in [2.45, 2.75) is 43.2 Å². The fourth-order valence-electron chi connectivity index (χ4n) is 3.07. The van der Waals surface area contributed by atoms with Crippen LogP contribution in [0.3, 0.4) is 0 Å². The monoisotopic (exact) mass is 285 g/mol. The fourth-order valence-corrected chi connectivity index (χ4v) is 3.07. The number of amidine groups is 1. The van der Waals surface area contributed by atoms with Crippen molar-refractivity contribution in [1.82, 2.24) is 4.90 Å². The van der Waals surface area contributed by atoms with Crippen LogP contribution in [0.4, 0.5) is 0 Å². The van der Waals surface area contributed by atoms with Crippen molar-refractivity contribution in [2.75, 3.05) is 13.2 Å². The lowest BCUT2D eigenvalue weighted by molar-refractivity contribution is -0.171. The summed E-state index contributed by atoms with van der Waals surface area (Å²) >= 11 is 0. The van der Waals surface area contributed by atoms with Gasteiger partial charge in [-0.1, -0.05) is 0 Å². The van der Waals surface area contributed by atoms with Crippen LogP contribution in [0.2, 0.25) is 0 Å². The Morgan fingerprint density at radius 1 is 1.50 bits per heavy atom. The minimum atomic E-state index is -1.20. The summed E-state index contributed by atoms with van der Waals surface area (Å²) in [5.74, 6) is 0.215. The SMILES string of the molecule is NC1=NC(O)N(C2OC(CO)C(O)C23CCCO3)C=C1. The maximum Gasteiger partial charge on any atom is 0.229 e. The number of rotatable bonds is 2. The second-order valence-electron chi connectivity index (χ2n) is 5.22. The van der Waals surface area contributed by atoms with Gasteiger partial charge < -0.3 is 35.4 Å². The second-order valence-corrected chi connectivity index (χ2v) is 5.22. The van der Waals surface area contributed by atoms with E-state index >= 15 is 0 Å². The highest BCUT2D eigenvalue weighted by molar-refractivity contribution is 5.91. The maximum atomic E-state index is 10.4. The van der Waals surface area contributed by atoms with Crippen LogP contribution < -0.4 is 5.73 Å². The molecule has 0 aromatic carbocycles. The van der Waals surface area contributed by atoms with Gasteiger partial charge in [0.15, 0.2) is 6.23 Å². The van der Waals surface area contributed by atoms with Crippen LogP contribution >= 0.6 is 0 Å². The Balaban J connectivity index is 1.90. The van der Waals surface area contributed by atoms with Crippen molar-refractivity contribution in [3.8, 4) is 0 Å². The average Bonchev–Trinajstić information content (AvgIpc) is 3.00. The number of nitrogens with two attached hydrogens (primary N) is 1. The van der Waals surface area contributed by atoms with Crippen molar-refractivity contribution in [2.24, 2.45) is 10.7 Å². The lowest BCUT2D eigenvalue weighted by atomic mass is 9.90. The maximum absolute atomic E-state index is 10.4. The molecule has 5 atom stereocenters. The molecule has 0 aromatic rings. The zero-order valence-corrected chi connectivity index (χ0v) is 10.9. The summed E-state index contributed by atoms with van der Waals surface area (Å²) in [7, 11) is 0. The first-order valence-corrected chi connectivity index (χ1v) is 6.64. The third kappa shape index (κ3) is 1.92. The first-order chi connectivity index (χ1) is 9.58. The molecular weight excluding hydrogens is 266 g/mol. The molecule has 8 nitrogen and oxygen atoms in total. The molecule has 112 valence electrons. The molecule has 5 unspecified atom stereocenters. The van der Waals surface area contributed by atoms with E-state index in [1.807, 2.05) is 0 Å². The van der Waals surface area contributed by atoms with Gasteiger partial charge in [0.25, 0.3) is 0 Å². The zero-order chi connectivity index (χ0) is 14.3. The number of hydrogen-bond acceptors (Lipinski definition) is 8. The van der Waals surface area contributed by atoms with Crippen molar-refractivity contribution < 1.29 is 24.8 Å². The summed E-state index contributed by atoms with van der Waals surface area (Å²) in [6.07, 6.45) is 0.853. The van der Waals surface area contributed by atoms with Crippen molar-refractivity contribution in [1.29, 1.82) is 0 Å². The Kier molecular flexibility index (Phi) is 3.43. The Bertz CT molecular complexity index is 435. The highest BCUT2D eigenvalue weighted by atomic mass is 16.6. The largest absolute Gasteiger partial charge is 0.394 e. The van der Waals surface area contributed by atoms with E-state index in [-0.39, 0.29) is 12.4 Å². The van der Waals surface area contributed by atoms with Crippen LogP contribution in [-0.4, -0.2) is 69.7 Å². The van der Waals surface area contributed by atoms with E-state index in [2.05, 4.69) is 4.99 Å². The third-order valence-corrected chi connectivity index (χ3v) is 4.06. The molecule has 5 N–H and O–H groups in total. The molecule has 0 bridgehead atoms. The molecule has 3 aliphatic heterocycles. The van der Waals surface area contributed by atoms with Gasteiger partial charge in [-0.15, -0.1) is 0 Å². The molecule has 0 saturated carbocycles. The molecule has 3 rings (SSSR count). The molecule has 20 heavy (non-hydrogen) atoms. The highest BCUT2D eigenvalue weighted by Gasteiger charge is 2.61. The molecule has 1 spiro atoms. The van der Waals surface area contributed by atoms with Crippen LogP contribution in [0.15, 0.2) is 17.3 Å². The van der Waals surface area contributed by atoms with Crippen LogP contribution in [0, 0.1) is 0 Å². The van der Waals surface area contributed by atoms with Gasteiger partial charge in [-0.05, 0) is 18.9 Å². The molecule has 0 radical (unpaired) electrons. The van der Waals surface area contributed by atoms with Crippen molar-refractivity contribution in [3.05, 3.63) is 12.3 Å². The van der Waals surface area contributed by atoms with Gasteiger partial charge in [0, 0.05) is 12.8 Å². The van der Waals surface area contributed by atoms with Crippen molar-refractivity contribution in [3.63, 3.8) is 0 Å². The van der Waals surface area contributed by atoms with Crippen molar-refractivity contribution >= 4 is 5.84 Å². The van der Waals surface area contributed by atoms with E-state index in [0.717, 1.165) is 6.42 Å². The van der Waals surface area contributed by atoms with E-state index in [9.17, 15) is 15.3 Å². The lowest BCUT2D eigenvalue weighted by Crippen LogP contribution is -2.56. The van der Waals surface area contributed by atoms with E-state index in [1.165, 1.54) is 11.0 Å². The fraction of sp³-hybridized carbons (Fsp3) is 0.750. The number of hydrogen-bond donors (Lipinski definition) is 4. The first kappa shape index (κ1) is 13.8. The molecule has 0 amide bonds. The molecule has 0 aromatic heterocycles. The molecule has 3 aliphatic rings. The van der Waals surface area contributed by atoms with E-state index in [0.29, 0.717) is 13.0 Å². The minimum absolute atomic E-state index is 0.215. The predicted octanol–water partition coefficient (Wildman–Crippen LogP) is -1.92. The number of aliphatic imine (C=N–C) groups is 1. The first-order valence-electron chi connectivity index (χ1n) is 6.64. The second kappa shape index (κ2) is 4.97. The minimum Gasteiger partial charge on any atom is -0.394 e. The normalized spacial score (nSPS) is 44.4. The lowest BCUT2D eigenvalue weighted by Gasteiger charge is -2.39. The number of nitrogens with zero attached hydrogens (tertiary/aromatic N) is 2. The van der Waals surface area contributed by atoms with E-state index in [1.54, 1.807) is 6.20 Å². The number of aliphatic hydroxyl groups excluding tert-OH is 3. The Labute approximate surface area is 116 Å². The molecule has 2 fully saturated rings. The topological polar surface area (TPSA) is 121 Å². The van der Waals surface area contributed by atoms with Crippen LogP contribution in [-0.2, 0) is 9.47 Å². The third-order valence-electron chi connectivity index (χ3n) is 4.06. The number of aliphatic hydroxyl groups is 3. The standard InChI is InChI=1S/C12H19N3O5/c13-8-2-4-15(11(18)14-8)10-12(3-1-5-19-12)9(17)7(6-16)20-10/h2,4,7,9-11,16-18H,1,3,5-6H2,(H2,13,14). The quantitative estimate of drug-likeness (QED) is 0.466. The predicted molar refractivity (Wildman–Crippen MR) is 68.3 cm³/mol. The summed E-state index contributed by atoms with van der Waals surface area (Å²) < 4.78 is 11.4. The molecule has 2 saturated heterocycles. The van der Waals surface area contributed by atoms with Crippen LogP contribution in [0.25, 0.3) is 0 Å². The van der Waals surface area contributed by atoms with E-state index < -0.39 is 30.4 Å². The molecule has 0 aliphatic carbocycles. The zero-order valence-electron chi connectivity index (χ0n) is 10.9. The van der Waals surface area contributed by atoms with Gasteiger partial charge in [0.1, 0.15) is 23.6 Å². The summed E-state index contributed by atoms with van der Waals surface area (Å²) in [6, 6.07) is 0. The number of ether oxygens (including phenoxy) is 2. The average molecular weight is 285 g/mol. The molecule has 3 heterocycles.